The number of likely N-dealkylation sites (N-methyl/N-ethyl adjacent to an activating group) is 1. The molecule has 0 aliphatic carbocycles. The van der Waals surface area contributed by atoms with Gasteiger partial charge in [-0.15, -0.1) is 0 Å². The summed E-state index contributed by atoms with van der Waals surface area (Å²) >= 11 is 0. The minimum absolute atomic E-state index is 0.00460. The SMILES string of the molecule is Cc1cccc(C)c1NC(=O)C(C)N(C)CCCc1cc(-c2ccc(F)cc2)n[nH]1. The number of hydrogen-bond donors (Lipinski definition) is 2. The van der Waals surface area contributed by atoms with Crippen LogP contribution in [0.3, 0.4) is 0 Å². The highest BCUT2D eigenvalue weighted by Gasteiger charge is 2.19. The molecule has 0 fully saturated rings. The Labute approximate surface area is 177 Å². The Morgan fingerprint density at radius 2 is 1.83 bits per heavy atom. The first kappa shape index (κ1) is 21.7. The average Bonchev–Trinajstić information content (AvgIpc) is 3.19. The molecule has 0 bridgehead atoms. The predicted molar refractivity (Wildman–Crippen MR) is 119 cm³/mol. The Kier molecular flexibility index (Phi) is 7.00. The molecule has 0 radical (unpaired) electrons. The van der Waals surface area contributed by atoms with Gasteiger partial charge in [-0.05, 0) is 88.7 Å². The van der Waals surface area contributed by atoms with Gasteiger partial charge in [-0.1, -0.05) is 18.2 Å². The molecule has 3 rings (SSSR count). The summed E-state index contributed by atoms with van der Waals surface area (Å²) in [6, 6.07) is 14.1. The summed E-state index contributed by atoms with van der Waals surface area (Å²) in [4.78, 5) is 14.7. The lowest BCUT2D eigenvalue weighted by atomic mass is 10.1. The standard InChI is InChI=1S/C24H29FN4O/c1-16-7-5-8-17(2)23(16)26-24(30)18(3)29(4)14-6-9-21-15-22(28-27-21)19-10-12-20(25)13-11-19/h5,7-8,10-13,15,18H,6,9,14H2,1-4H3,(H,26,30)(H,27,28). The van der Waals surface area contributed by atoms with Crippen molar-refractivity contribution in [2.24, 2.45) is 0 Å². The number of hydrogen-bond acceptors (Lipinski definition) is 3. The van der Waals surface area contributed by atoms with Crippen molar-refractivity contribution in [1.29, 1.82) is 0 Å². The van der Waals surface area contributed by atoms with Crippen LogP contribution in [0.4, 0.5) is 10.1 Å². The molecular formula is C24H29FN4O. The fourth-order valence-corrected chi connectivity index (χ4v) is 3.41. The smallest absolute Gasteiger partial charge is 0.241 e. The maximum atomic E-state index is 13.1. The molecule has 0 aliphatic rings. The van der Waals surface area contributed by atoms with Gasteiger partial charge in [0.25, 0.3) is 0 Å². The topological polar surface area (TPSA) is 61.0 Å². The summed E-state index contributed by atoms with van der Waals surface area (Å²) in [5, 5.41) is 10.4. The van der Waals surface area contributed by atoms with E-state index in [1.807, 2.05) is 52.1 Å². The second kappa shape index (κ2) is 9.67. The van der Waals surface area contributed by atoms with E-state index in [9.17, 15) is 9.18 Å². The van der Waals surface area contributed by atoms with E-state index in [1.165, 1.54) is 12.1 Å². The van der Waals surface area contributed by atoms with Crippen LogP contribution in [0, 0.1) is 19.7 Å². The van der Waals surface area contributed by atoms with E-state index >= 15 is 0 Å². The van der Waals surface area contributed by atoms with E-state index in [0.29, 0.717) is 0 Å². The minimum atomic E-state index is -0.256. The predicted octanol–water partition coefficient (Wildman–Crippen LogP) is 4.72. The Balaban J connectivity index is 1.50. The Hall–Kier alpha value is -2.99. The number of carbonyl (C=O) groups excluding carboxylic acids is 1. The number of carbonyl (C=O) groups is 1. The Morgan fingerprint density at radius 1 is 1.17 bits per heavy atom. The zero-order valence-corrected chi connectivity index (χ0v) is 18.0. The maximum absolute atomic E-state index is 13.1. The number of H-pyrrole nitrogens is 1. The van der Waals surface area contributed by atoms with E-state index < -0.39 is 0 Å². The molecule has 0 saturated heterocycles. The van der Waals surface area contributed by atoms with Crippen molar-refractivity contribution in [3.63, 3.8) is 0 Å². The van der Waals surface area contributed by atoms with Crippen LogP contribution >= 0.6 is 0 Å². The van der Waals surface area contributed by atoms with E-state index in [-0.39, 0.29) is 17.8 Å². The van der Waals surface area contributed by atoms with E-state index in [4.69, 9.17) is 0 Å². The van der Waals surface area contributed by atoms with Crippen molar-refractivity contribution in [3.8, 4) is 11.3 Å². The van der Waals surface area contributed by atoms with Crippen LogP contribution in [-0.2, 0) is 11.2 Å². The summed E-state index contributed by atoms with van der Waals surface area (Å²) < 4.78 is 13.1. The molecule has 0 spiro atoms. The van der Waals surface area contributed by atoms with Crippen LogP contribution in [0.2, 0.25) is 0 Å². The van der Waals surface area contributed by atoms with Crippen molar-refractivity contribution < 1.29 is 9.18 Å². The number of amides is 1. The van der Waals surface area contributed by atoms with Gasteiger partial charge in [0.15, 0.2) is 0 Å². The van der Waals surface area contributed by atoms with Crippen LogP contribution in [-0.4, -0.2) is 40.6 Å². The lowest BCUT2D eigenvalue weighted by molar-refractivity contribution is -0.120. The molecule has 158 valence electrons. The van der Waals surface area contributed by atoms with Gasteiger partial charge in [0.2, 0.25) is 5.91 Å². The highest BCUT2D eigenvalue weighted by Crippen LogP contribution is 2.20. The fraction of sp³-hybridized carbons (Fsp3) is 0.333. The molecule has 2 N–H and O–H groups in total. The number of aromatic amines is 1. The van der Waals surface area contributed by atoms with Gasteiger partial charge in [-0.3, -0.25) is 14.8 Å². The molecule has 1 unspecified atom stereocenters. The number of benzene rings is 2. The largest absolute Gasteiger partial charge is 0.324 e. The molecule has 0 saturated carbocycles. The van der Waals surface area contributed by atoms with Gasteiger partial charge in [0.1, 0.15) is 5.82 Å². The average molecular weight is 409 g/mol. The zero-order valence-electron chi connectivity index (χ0n) is 18.0. The fourth-order valence-electron chi connectivity index (χ4n) is 3.41. The van der Waals surface area contributed by atoms with Gasteiger partial charge in [-0.25, -0.2) is 4.39 Å². The highest BCUT2D eigenvalue weighted by atomic mass is 19.1. The van der Waals surface area contributed by atoms with Crippen molar-refractivity contribution in [1.82, 2.24) is 15.1 Å². The second-order valence-electron chi connectivity index (χ2n) is 7.80. The summed E-state index contributed by atoms with van der Waals surface area (Å²) in [5.74, 6) is -0.261. The van der Waals surface area contributed by atoms with E-state index in [0.717, 1.165) is 53.2 Å². The number of rotatable bonds is 8. The van der Waals surface area contributed by atoms with Crippen LogP contribution in [0.1, 0.15) is 30.2 Å². The van der Waals surface area contributed by atoms with Crippen molar-refractivity contribution in [2.75, 3.05) is 18.9 Å². The third kappa shape index (κ3) is 5.33. The number of aromatic nitrogens is 2. The Morgan fingerprint density at radius 3 is 2.50 bits per heavy atom. The molecule has 1 heterocycles. The second-order valence-corrected chi connectivity index (χ2v) is 7.80. The Bertz CT molecular complexity index is 976. The first-order valence-electron chi connectivity index (χ1n) is 10.2. The van der Waals surface area contributed by atoms with Crippen molar-refractivity contribution >= 4 is 11.6 Å². The summed E-state index contributed by atoms with van der Waals surface area (Å²) in [7, 11) is 1.96. The molecule has 1 aromatic heterocycles. The first-order chi connectivity index (χ1) is 14.3. The molecule has 30 heavy (non-hydrogen) atoms. The van der Waals surface area contributed by atoms with Gasteiger partial charge >= 0.3 is 0 Å². The molecule has 1 amide bonds. The summed E-state index contributed by atoms with van der Waals surface area (Å²) in [6.45, 7) is 6.71. The number of para-hydroxylation sites is 1. The zero-order chi connectivity index (χ0) is 21.7. The molecule has 2 aromatic carbocycles. The van der Waals surface area contributed by atoms with Gasteiger partial charge < -0.3 is 5.32 Å². The van der Waals surface area contributed by atoms with Gasteiger partial charge in [-0.2, -0.15) is 5.10 Å². The molecule has 3 aromatic rings. The summed E-state index contributed by atoms with van der Waals surface area (Å²) in [5.41, 5.74) is 5.74. The highest BCUT2D eigenvalue weighted by molar-refractivity contribution is 5.95. The maximum Gasteiger partial charge on any atom is 0.241 e. The monoisotopic (exact) mass is 408 g/mol. The minimum Gasteiger partial charge on any atom is -0.324 e. The normalized spacial score (nSPS) is 12.2. The van der Waals surface area contributed by atoms with E-state index in [2.05, 4.69) is 20.4 Å². The summed E-state index contributed by atoms with van der Waals surface area (Å²) in [6.07, 6.45) is 1.71. The molecular weight excluding hydrogens is 379 g/mol. The van der Waals surface area contributed by atoms with Gasteiger partial charge in [0, 0.05) is 16.9 Å². The van der Waals surface area contributed by atoms with Gasteiger partial charge in [0.05, 0.1) is 11.7 Å². The molecule has 0 aliphatic heterocycles. The van der Waals surface area contributed by atoms with Crippen molar-refractivity contribution in [2.45, 2.75) is 39.7 Å². The van der Waals surface area contributed by atoms with E-state index in [1.54, 1.807) is 12.1 Å². The van der Waals surface area contributed by atoms with Crippen LogP contribution in [0.5, 0.6) is 0 Å². The molecule has 1 atom stereocenters. The third-order valence-corrected chi connectivity index (χ3v) is 5.50. The number of halogens is 1. The number of nitrogens with one attached hydrogen (secondary N) is 2. The molecule has 5 nitrogen and oxygen atoms in total. The first-order valence-corrected chi connectivity index (χ1v) is 10.2. The number of aryl methyl sites for hydroxylation is 3. The van der Waals surface area contributed by atoms with Crippen LogP contribution in [0.25, 0.3) is 11.3 Å². The number of anilines is 1. The van der Waals surface area contributed by atoms with Crippen LogP contribution in [0.15, 0.2) is 48.5 Å². The lowest BCUT2D eigenvalue weighted by Crippen LogP contribution is -2.40. The van der Waals surface area contributed by atoms with Crippen molar-refractivity contribution in [3.05, 3.63) is 71.2 Å². The molecule has 6 heteroatoms. The third-order valence-electron chi connectivity index (χ3n) is 5.50. The lowest BCUT2D eigenvalue weighted by Gasteiger charge is -2.24. The number of nitrogens with zero attached hydrogens (tertiary/aromatic N) is 2. The van der Waals surface area contributed by atoms with Crippen LogP contribution < -0.4 is 5.32 Å². The quantitative estimate of drug-likeness (QED) is 0.567.